The van der Waals surface area contributed by atoms with Gasteiger partial charge in [-0.3, -0.25) is 4.31 Å². The number of hydrogen-bond donors (Lipinski definition) is 0. The Labute approximate surface area is 105 Å². The molecule has 0 aromatic heterocycles. The molecule has 0 atom stereocenters. The van der Waals surface area contributed by atoms with Crippen LogP contribution in [0.4, 0.5) is 5.69 Å². The average molecular weight is 304 g/mol. The zero-order valence-corrected chi connectivity index (χ0v) is 11.7. The number of anilines is 1. The van der Waals surface area contributed by atoms with Crippen molar-refractivity contribution in [3.05, 3.63) is 27.7 Å². The zero-order valence-electron chi connectivity index (χ0n) is 9.33. The van der Waals surface area contributed by atoms with E-state index in [4.69, 9.17) is 0 Å². The van der Waals surface area contributed by atoms with Gasteiger partial charge in [0.25, 0.3) is 0 Å². The van der Waals surface area contributed by atoms with Crippen LogP contribution < -0.4 is 4.31 Å². The standard InChI is InChI=1S/C11H14BrNO2S/c1-8-6-10(7-9(2)11(8)12)13-4-3-5-16(13,14)15/h6-7H,3-5H2,1-2H3. The van der Waals surface area contributed by atoms with Crippen LogP contribution in [0.25, 0.3) is 0 Å². The Bertz CT molecular complexity index is 502. The van der Waals surface area contributed by atoms with E-state index in [1.165, 1.54) is 4.31 Å². The van der Waals surface area contributed by atoms with Crippen molar-refractivity contribution in [1.29, 1.82) is 0 Å². The van der Waals surface area contributed by atoms with Crippen LogP contribution in [-0.2, 0) is 10.0 Å². The average Bonchev–Trinajstić information content (AvgIpc) is 2.53. The first-order valence-corrected chi connectivity index (χ1v) is 7.59. The molecule has 1 aromatic rings. The minimum atomic E-state index is -3.07. The Balaban J connectivity index is 2.50. The first-order valence-electron chi connectivity index (χ1n) is 5.19. The summed E-state index contributed by atoms with van der Waals surface area (Å²) in [6.07, 6.45) is 0.719. The normalized spacial score (nSPS) is 19.1. The largest absolute Gasteiger partial charge is 0.270 e. The number of benzene rings is 1. The maximum absolute atomic E-state index is 11.8. The highest BCUT2D eigenvalue weighted by Gasteiger charge is 2.28. The quantitative estimate of drug-likeness (QED) is 0.800. The van der Waals surface area contributed by atoms with Crippen LogP contribution in [0.2, 0.25) is 0 Å². The summed E-state index contributed by atoms with van der Waals surface area (Å²) in [5, 5.41) is 0. The molecule has 16 heavy (non-hydrogen) atoms. The molecule has 1 saturated heterocycles. The second-order valence-electron chi connectivity index (χ2n) is 4.14. The minimum absolute atomic E-state index is 0.265. The van der Waals surface area contributed by atoms with Gasteiger partial charge >= 0.3 is 0 Å². The van der Waals surface area contributed by atoms with Gasteiger partial charge in [-0.05, 0) is 43.5 Å². The number of sulfonamides is 1. The van der Waals surface area contributed by atoms with Crippen LogP contribution in [0.1, 0.15) is 17.5 Å². The van der Waals surface area contributed by atoms with Gasteiger partial charge in [0.2, 0.25) is 10.0 Å². The van der Waals surface area contributed by atoms with Crippen molar-refractivity contribution in [2.75, 3.05) is 16.6 Å². The van der Waals surface area contributed by atoms with E-state index in [0.717, 1.165) is 27.7 Å². The Morgan fingerprint density at radius 2 is 1.81 bits per heavy atom. The molecule has 0 saturated carbocycles. The van der Waals surface area contributed by atoms with Crippen LogP contribution in [0.3, 0.4) is 0 Å². The molecule has 1 aliphatic heterocycles. The van der Waals surface area contributed by atoms with Crippen molar-refractivity contribution in [2.45, 2.75) is 20.3 Å². The smallest absolute Gasteiger partial charge is 0.235 e. The van der Waals surface area contributed by atoms with E-state index in [9.17, 15) is 8.42 Å². The molecule has 1 aliphatic rings. The van der Waals surface area contributed by atoms with E-state index in [1.54, 1.807) is 0 Å². The monoisotopic (exact) mass is 303 g/mol. The van der Waals surface area contributed by atoms with Crippen LogP contribution in [0, 0.1) is 13.8 Å². The lowest BCUT2D eigenvalue weighted by Gasteiger charge is -2.18. The Kier molecular flexibility index (Phi) is 3.01. The first-order chi connectivity index (χ1) is 7.42. The molecular formula is C11H14BrNO2S. The minimum Gasteiger partial charge on any atom is -0.270 e. The van der Waals surface area contributed by atoms with E-state index in [-0.39, 0.29) is 5.75 Å². The predicted molar refractivity (Wildman–Crippen MR) is 69.4 cm³/mol. The number of halogens is 1. The summed E-state index contributed by atoms with van der Waals surface area (Å²) in [5.74, 6) is 0.265. The highest BCUT2D eigenvalue weighted by molar-refractivity contribution is 9.10. The molecule has 0 unspecified atom stereocenters. The van der Waals surface area contributed by atoms with Crippen molar-refractivity contribution in [3.8, 4) is 0 Å². The summed E-state index contributed by atoms with van der Waals surface area (Å²) >= 11 is 3.48. The van der Waals surface area contributed by atoms with Gasteiger partial charge in [0.15, 0.2) is 0 Å². The van der Waals surface area contributed by atoms with E-state index < -0.39 is 10.0 Å². The summed E-state index contributed by atoms with van der Waals surface area (Å²) in [6, 6.07) is 3.83. The van der Waals surface area contributed by atoms with E-state index >= 15 is 0 Å². The lowest BCUT2D eigenvalue weighted by Crippen LogP contribution is -2.25. The Morgan fingerprint density at radius 3 is 2.25 bits per heavy atom. The number of rotatable bonds is 1. The first kappa shape index (κ1) is 11.9. The van der Waals surface area contributed by atoms with Gasteiger partial charge in [-0.15, -0.1) is 0 Å². The molecule has 88 valence electrons. The molecule has 1 aromatic carbocycles. The van der Waals surface area contributed by atoms with E-state index in [1.807, 2.05) is 26.0 Å². The second kappa shape index (κ2) is 4.04. The second-order valence-corrected chi connectivity index (χ2v) is 6.94. The summed E-state index contributed by atoms with van der Waals surface area (Å²) in [5.41, 5.74) is 2.92. The summed E-state index contributed by atoms with van der Waals surface area (Å²) in [7, 11) is -3.07. The summed E-state index contributed by atoms with van der Waals surface area (Å²) in [6.45, 7) is 4.55. The van der Waals surface area contributed by atoms with Crippen LogP contribution in [-0.4, -0.2) is 20.7 Å². The predicted octanol–water partition coefficient (Wildman–Crippen LogP) is 2.61. The van der Waals surface area contributed by atoms with Crippen LogP contribution >= 0.6 is 15.9 Å². The maximum Gasteiger partial charge on any atom is 0.235 e. The van der Waals surface area contributed by atoms with Crippen molar-refractivity contribution in [2.24, 2.45) is 0 Å². The highest BCUT2D eigenvalue weighted by atomic mass is 79.9. The topological polar surface area (TPSA) is 37.4 Å². The third-order valence-corrected chi connectivity index (χ3v) is 5.93. The third kappa shape index (κ3) is 1.98. The van der Waals surface area contributed by atoms with Gasteiger partial charge in [0.05, 0.1) is 11.4 Å². The number of aryl methyl sites for hydroxylation is 2. The SMILES string of the molecule is Cc1cc(N2CCCS2(=O)=O)cc(C)c1Br. The fourth-order valence-electron chi connectivity index (χ4n) is 2.00. The molecule has 0 spiro atoms. The molecule has 0 radical (unpaired) electrons. The van der Waals surface area contributed by atoms with E-state index in [0.29, 0.717) is 6.54 Å². The summed E-state index contributed by atoms with van der Waals surface area (Å²) < 4.78 is 26.1. The van der Waals surface area contributed by atoms with E-state index in [2.05, 4.69) is 15.9 Å². The molecule has 1 heterocycles. The highest BCUT2D eigenvalue weighted by Crippen LogP contribution is 2.30. The maximum atomic E-state index is 11.8. The molecule has 5 heteroatoms. The van der Waals surface area contributed by atoms with Crippen LogP contribution in [0.5, 0.6) is 0 Å². The molecule has 0 amide bonds. The molecule has 0 bridgehead atoms. The Hall–Kier alpha value is -0.550. The molecule has 3 nitrogen and oxygen atoms in total. The van der Waals surface area contributed by atoms with Crippen molar-refractivity contribution in [3.63, 3.8) is 0 Å². The lowest BCUT2D eigenvalue weighted by molar-refractivity contribution is 0.599. The van der Waals surface area contributed by atoms with Crippen molar-refractivity contribution in [1.82, 2.24) is 0 Å². The van der Waals surface area contributed by atoms with Gasteiger partial charge < -0.3 is 0 Å². The fraction of sp³-hybridized carbons (Fsp3) is 0.455. The van der Waals surface area contributed by atoms with Crippen molar-refractivity contribution < 1.29 is 8.42 Å². The molecule has 2 rings (SSSR count). The van der Waals surface area contributed by atoms with Crippen molar-refractivity contribution >= 4 is 31.6 Å². The molecule has 1 fully saturated rings. The molecule has 0 N–H and O–H groups in total. The molecule has 0 aliphatic carbocycles. The third-order valence-electron chi connectivity index (χ3n) is 2.81. The van der Waals surface area contributed by atoms with Crippen LogP contribution in [0.15, 0.2) is 16.6 Å². The Morgan fingerprint density at radius 1 is 1.25 bits per heavy atom. The van der Waals surface area contributed by atoms with Gasteiger partial charge in [-0.25, -0.2) is 8.42 Å². The van der Waals surface area contributed by atoms with Gasteiger partial charge in [-0.1, -0.05) is 15.9 Å². The number of hydrogen-bond acceptors (Lipinski definition) is 2. The number of nitrogens with zero attached hydrogens (tertiary/aromatic N) is 1. The molecular weight excluding hydrogens is 290 g/mol. The van der Waals surface area contributed by atoms with Gasteiger partial charge in [0, 0.05) is 11.0 Å². The van der Waals surface area contributed by atoms with Gasteiger partial charge in [0.1, 0.15) is 0 Å². The fourth-order valence-corrected chi connectivity index (χ4v) is 3.77. The van der Waals surface area contributed by atoms with Gasteiger partial charge in [-0.2, -0.15) is 0 Å². The zero-order chi connectivity index (χ0) is 11.9. The lowest BCUT2D eigenvalue weighted by atomic mass is 10.1. The summed E-state index contributed by atoms with van der Waals surface area (Å²) in [4.78, 5) is 0.